The average molecular weight is 167 g/mol. The molecule has 0 bridgehead atoms. The molecule has 0 saturated carbocycles. The van der Waals surface area contributed by atoms with E-state index in [2.05, 4.69) is 4.74 Å². The normalized spacial score (nSPS) is 14.8. The van der Waals surface area contributed by atoms with Gasteiger partial charge in [0.2, 0.25) is 0 Å². The fourth-order valence-electron chi connectivity index (χ4n) is 0.306. The van der Waals surface area contributed by atoms with Gasteiger partial charge in [-0.2, -0.15) is 0 Å². The molecule has 0 saturated heterocycles. The van der Waals surface area contributed by atoms with Gasteiger partial charge in [-0.3, -0.25) is 0 Å². The first-order valence-electron chi connectivity index (χ1n) is 2.71. The van der Waals surface area contributed by atoms with Crippen molar-refractivity contribution in [3.8, 4) is 0 Å². The van der Waals surface area contributed by atoms with Crippen LogP contribution in [0.15, 0.2) is 0 Å². The van der Waals surface area contributed by atoms with Crippen molar-refractivity contribution in [1.82, 2.24) is 6.15 Å². The molecule has 0 aliphatic rings. The highest BCUT2D eigenvalue weighted by molar-refractivity contribution is 5.74. The predicted molar refractivity (Wildman–Crippen MR) is 36.3 cm³/mol. The summed E-state index contributed by atoms with van der Waals surface area (Å²) < 4.78 is 4.35. The number of aliphatic hydroxyl groups is 2. The van der Waals surface area contributed by atoms with Gasteiger partial charge in [0.25, 0.3) is 5.79 Å². The van der Waals surface area contributed by atoms with Crippen LogP contribution in [0.1, 0.15) is 6.92 Å². The van der Waals surface area contributed by atoms with Gasteiger partial charge in [0, 0.05) is 6.92 Å². The smallest absolute Gasteiger partial charge is 0.363 e. The maximum atomic E-state index is 10.1. The third kappa shape index (κ3) is 4.68. The molecule has 0 heterocycles. The lowest BCUT2D eigenvalue weighted by Crippen LogP contribution is -2.38. The van der Waals surface area contributed by atoms with Gasteiger partial charge in [-0.1, -0.05) is 0 Å². The number of aliphatic hydroxyl groups excluding tert-OH is 1. The monoisotopic (exact) mass is 167 g/mol. The van der Waals surface area contributed by atoms with E-state index in [4.69, 9.17) is 15.3 Å². The highest BCUT2D eigenvalue weighted by atomic mass is 16.6. The van der Waals surface area contributed by atoms with Crippen molar-refractivity contribution in [2.75, 3.05) is 13.2 Å². The molecule has 0 rings (SSSR count). The fraction of sp³-hybridized carbons (Fsp3) is 0.800. The molecule has 0 aromatic carbocycles. The number of aliphatic carboxylic acids is 1. The van der Waals surface area contributed by atoms with Gasteiger partial charge in [0.1, 0.15) is 0 Å². The fourth-order valence-corrected chi connectivity index (χ4v) is 0.306. The summed E-state index contributed by atoms with van der Waals surface area (Å²) in [5, 5.41) is 25.2. The zero-order chi connectivity index (χ0) is 8.20. The Kier molecular flexibility index (Phi) is 5.91. The Morgan fingerprint density at radius 1 is 1.64 bits per heavy atom. The second kappa shape index (κ2) is 5.03. The minimum absolute atomic E-state index is 0. The van der Waals surface area contributed by atoms with Gasteiger partial charge in [0.15, 0.2) is 0 Å². The Labute approximate surface area is 64.0 Å². The van der Waals surface area contributed by atoms with Crippen LogP contribution >= 0.6 is 0 Å². The molecule has 1 atom stereocenters. The standard InChI is InChI=1S/C5H10O5.H3N/c1-5(9,4(7)8)10-3-2-6;/h6,9H,2-3H2,1H3,(H,7,8);1H3. The lowest BCUT2D eigenvalue weighted by molar-refractivity contribution is -0.217. The maximum Gasteiger partial charge on any atom is 0.363 e. The molecule has 0 aliphatic carbocycles. The zero-order valence-corrected chi connectivity index (χ0v) is 6.28. The summed E-state index contributed by atoms with van der Waals surface area (Å²) in [6, 6.07) is 0. The van der Waals surface area contributed by atoms with Crippen LogP contribution < -0.4 is 6.15 Å². The molecule has 6 heteroatoms. The van der Waals surface area contributed by atoms with Crippen LogP contribution in [0.5, 0.6) is 0 Å². The Hall–Kier alpha value is -0.690. The second-order valence-electron chi connectivity index (χ2n) is 1.86. The molecule has 1 unspecified atom stereocenters. The minimum atomic E-state index is -2.19. The largest absolute Gasteiger partial charge is 0.477 e. The molecule has 6 N–H and O–H groups in total. The molecular formula is C5H13NO5. The quantitative estimate of drug-likeness (QED) is 0.396. The third-order valence-corrected chi connectivity index (χ3v) is 0.871. The van der Waals surface area contributed by atoms with Crippen molar-refractivity contribution in [3.05, 3.63) is 0 Å². The number of rotatable bonds is 4. The van der Waals surface area contributed by atoms with E-state index >= 15 is 0 Å². The maximum absolute atomic E-state index is 10.1. The lowest BCUT2D eigenvalue weighted by atomic mass is 10.3. The van der Waals surface area contributed by atoms with Gasteiger partial charge >= 0.3 is 5.97 Å². The summed E-state index contributed by atoms with van der Waals surface area (Å²) in [5.74, 6) is -3.66. The minimum Gasteiger partial charge on any atom is -0.477 e. The van der Waals surface area contributed by atoms with Crippen LogP contribution in [0.2, 0.25) is 0 Å². The van der Waals surface area contributed by atoms with Crippen molar-refractivity contribution < 1.29 is 24.9 Å². The molecule has 6 nitrogen and oxygen atoms in total. The van der Waals surface area contributed by atoms with E-state index in [0.29, 0.717) is 0 Å². The topological polar surface area (TPSA) is 122 Å². The van der Waals surface area contributed by atoms with Gasteiger partial charge < -0.3 is 26.2 Å². The van der Waals surface area contributed by atoms with Crippen LogP contribution in [0.3, 0.4) is 0 Å². The van der Waals surface area contributed by atoms with E-state index in [-0.39, 0.29) is 19.4 Å². The molecule has 11 heavy (non-hydrogen) atoms. The van der Waals surface area contributed by atoms with Crippen molar-refractivity contribution in [2.45, 2.75) is 12.7 Å². The number of carbonyl (C=O) groups is 1. The van der Waals surface area contributed by atoms with Crippen molar-refractivity contribution in [3.63, 3.8) is 0 Å². The van der Waals surface area contributed by atoms with Gasteiger partial charge in [-0.05, 0) is 0 Å². The van der Waals surface area contributed by atoms with E-state index in [9.17, 15) is 4.79 Å². The van der Waals surface area contributed by atoms with Crippen molar-refractivity contribution >= 4 is 5.97 Å². The number of ether oxygens (including phenoxy) is 1. The highest BCUT2D eigenvalue weighted by Crippen LogP contribution is 2.03. The molecule has 0 fully saturated rings. The van der Waals surface area contributed by atoms with Gasteiger partial charge in [0.05, 0.1) is 13.2 Å². The predicted octanol–water partition coefficient (Wildman–Crippen LogP) is -1.05. The Balaban J connectivity index is 0. The summed E-state index contributed by atoms with van der Waals surface area (Å²) in [4.78, 5) is 10.1. The SMILES string of the molecule is CC(O)(OCCO)C(=O)O.N. The molecule has 0 amide bonds. The van der Waals surface area contributed by atoms with Crippen LogP contribution in [-0.2, 0) is 9.53 Å². The molecule has 68 valence electrons. The van der Waals surface area contributed by atoms with Crippen LogP contribution in [-0.4, -0.2) is 40.3 Å². The summed E-state index contributed by atoms with van der Waals surface area (Å²) in [6.45, 7) is 0.480. The van der Waals surface area contributed by atoms with Crippen molar-refractivity contribution in [1.29, 1.82) is 0 Å². The Morgan fingerprint density at radius 2 is 2.09 bits per heavy atom. The van der Waals surface area contributed by atoms with E-state index in [0.717, 1.165) is 6.92 Å². The van der Waals surface area contributed by atoms with Crippen LogP contribution in [0.25, 0.3) is 0 Å². The molecule has 0 aromatic heterocycles. The summed E-state index contributed by atoms with van der Waals surface area (Å²) in [5.41, 5.74) is 0. The molecular weight excluding hydrogens is 154 g/mol. The number of hydrogen-bond donors (Lipinski definition) is 4. The van der Waals surface area contributed by atoms with E-state index in [1.165, 1.54) is 0 Å². The van der Waals surface area contributed by atoms with E-state index in [1.54, 1.807) is 0 Å². The molecule has 0 spiro atoms. The van der Waals surface area contributed by atoms with Crippen LogP contribution in [0, 0.1) is 0 Å². The van der Waals surface area contributed by atoms with Crippen LogP contribution in [0.4, 0.5) is 0 Å². The first kappa shape index (κ1) is 12.9. The zero-order valence-electron chi connectivity index (χ0n) is 6.28. The highest BCUT2D eigenvalue weighted by Gasteiger charge is 2.30. The summed E-state index contributed by atoms with van der Waals surface area (Å²) in [7, 11) is 0. The molecule has 0 radical (unpaired) electrons. The van der Waals surface area contributed by atoms with Gasteiger partial charge in [-0.15, -0.1) is 0 Å². The second-order valence-corrected chi connectivity index (χ2v) is 1.86. The molecule has 0 aliphatic heterocycles. The number of carboxylic acid groups (broad SMARTS) is 1. The Morgan fingerprint density at radius 3 is 2.36 bits per heavy atom. The summed E-state index contributed by atoms with van der Waals surface area (Å²) in [6.07, 6.45) is 0. The van der Waals surface area contributed by atoms with Gasteiger partial charge in [-0.25, -0.2) is 4.79 Å². The Bertz CT molecular complexity index is 124. The average Bonchev–Trinajstić information content (AvgIpc) is 1.84. The van der Waals surface area contributed by atoms with Crippen molar-refractivity contribution in [2.24, 2.45) is 0 Å². The number of carboxylic acids is 1. The molecule has 0 aromatic rings. The number of hydrogen-bond acceptors (Lipinski definition) is 5. The lowest BCUT2D eigenvalue weighted by Gasteiger charge is -2.17. The summed E-state index contributed by atoms with van der Waals surface area (Å²) >= 11 is 0. The van der Waals surface area contributed by atoms with E-state index in [1.807, 2.05) is 0 Å². The third-order valence-electron chi connectivity index (χ3n) is 0.871. The first-order chi connectivity index (χ1) is 4.50. The first-order valence-corrected chi connectivity index (χ1v) is 2.71. The van der Waals surface area contributed by atoms with E-state index < -0.39 is 11.8 Å².